The molecule has 0 heterocycles. The summed E-state index contributed by atoms with van der Waals surface area (Å²) >= 11 is 0. The highest BCUT2D eigenvalue weighted by molar-refractivity contribution is 5.85. The van der Waals surface area contributed by atoms with Gasteiger partial charge in [0.1, 0.15) is 5.60 Å². The van der Waals surface area contributed by atoms with Crippen molar-refractivity contribution in [3.63, 3.8) is 0 Å². The van der Waals surface area contributed by atoms with Gasteiger partial charge < -0.3 is 4.74 Å². The first-order valence-corrected chi connectivity index (χ1v) is 9.09. The van der Waals surface area contributed by atoms with E-state index in [-0.39, 0.29) is 17.8 Å². The third-order valence-electron chi connectivity index (χ3n) is 3.90. The molecule has 0 aliphatic carbocycles. The number of carbonyl (C=O) groups excluding carboxylic acids is 2. The number of hydrogen-bond acceptors (Lipinski definition) is 4. The Morgan fingerprint density at radius 1 is 1.15 bits per heavy atom. The second kappa shape index (κ2) is 10.1. The molecule has 1 aromatic rings. The SMILES string of the molecule is CC(C)C[C@@H](C(=O)NN)[C@@H](C/C=C/c1ccccc1)C(=O)OC(C)(C)C. The van der Waals surface area contributed by atoms with Crippen LogP contribution in [-0.4, -0.2) is 17.5 Å². The molecular formula is C21H32N2O3. The zero-order valence-corrected chi connectivity index (χ0v) is 16.5. The Morgan fingerprint density at radius 3 is 2.27 bits per heavy atom. The van der Waals surface area contributed by atoms with Crippen LogP contribution < -0.4 is 11.3 Å². The molecule has 1 aromatic carbocycles. The molecular weight excluding hydrogens is 328 g/mol. The van der Waals surface area contributed by atoms with E-state index in [0.29, 0.717) is 12.8 Å². The van der Waals surface area contributed by atoms with E-state index in [9.17, 15) is 9.59 Å². The monoisotopic (exact) mass is 360 g/mol. The smallest absolute Gasteiger partial charge is 0.310 e. The number of benzene rings is 1. The van der Waals surface area contributed by atoms with Gasteiger partial charge in [0, 0.05) is 0 Å². The zero-order chi connectivity index (χ0) is 19.7. The topological polar surface area (TPSA) is 81.4 Å². The molecule has 2 atom stereocenters. The molecule has 144 valence electrons. The molecule has 1 rings (SSSR count). The van der Waals surface area contributed by atoms with Crippen molar-refractivity contribution in [1.29, 1.82) is 0 Å². The minimum atomic E-state index is -0.611. The van der Waals surface area contributed by atoms with Crippen LogP contribution in [0.15, 0.2) is 36.4 Å². The molecule has 0 radical (unpaired) electrons. The number of nitrogens with two attached hydrogens (primary N) is 1. The van der Waals surface area contributed by atoms with Gasteiger partial charge in [0.25, 0.3) is 0 Å². The van der Waals surface area contributed by atoms with Crippen LogP contribution in [0.1, 0.15) is 53.0 Å². The molecule has 3 N–H and O–H groups in total. The van der Waals surface area contributed by atoms with Crippen molar-refractivity contribution >= 4 is 18.0 Å². The molecule has 0 fully saturated rings. The van der Waals surface area contributed by atoms with E-state index in [1.807, 2.05) is 77.1 Å². The highest BCUT2D eigenvalue weighted by atomic mass is 16.6. The largest absolute Gasteiger partial charge is 0.460 e. The average molecular weight is 360 g/mol. The lowest BCUT2D eigenvalue weighted by Crippen LogP contribution is -2.43. The molecule has 0 unspecified atom stereocenters. The van der Waals surface area contributed by atoms with Crippen LogP contribution in [0.3, 0.4) is 0 Å². The quantitative estimate of drug-likeness (QED) is 0.320. The lowest BCUT2D eigenvalue weighted by atomic mass is 9.82. The summed E-state index contributed by atoms with van der Waals surface area (Å²) in [5.41, 5.74) is 2.64. The van der Waals surface area contributed by atoms with E-state index in [0.717, 1.165) is 5.56 Å². The summed E-state index contributed by atoms with van der Waals surface area (Å²) in [4.78, 5) is 25.1. The normalized spacial score (nSPS) is 14.3. The Balaban J connectivity index is 3.04. The predicted octanol–water partition coefficient (Wildman–Crippen LogP) is 3.70. The maximum atomic E-state index is 12.8. The second-order valence-electron chi connectivity index (χ2n) is 7.93. The van der Waals surface area contributed by atoms with Crippen molar-refractivity contribution in [2.45, 2.75) is 53.1 Å². The van der Waals surface area contributed by atoms with Gasteiger partial charge in [-0.25, -0.2) is 5.84 Å². The maximum Gasteiger partial charge on any atom is 0.310 e. The Labute approximate surface area is 157 Å². The van der Waals surface area contributed by atoms with Crippen LogP contribution in [0.5, 0.6) is 0 Å². The van der Waals surface area contributed by atoms with Gasteiger partial charge in [0.2, 0.25) is 5.91 Å². The minimum Gasteiger partial charge on any atom is -0.460 e. The Morgan fingerprint density at radius 2 is 1.77 bits per heavy atom. The van der Waals surface area contributed by atoms with Crippen LogP contribution in [0.2, 0.25) is 0 Å². The number of rotatable bonds is 8. The standard InChI is InChI=1S/C21H32N2O3/c1-15(2)14-18(19(24)23-22)17(20(25)26-21(3,4)5)13-9-12-16-10-7-6-8-11-16/h6-12,15,17-18H,13-14,22H2,1-5H3,(H,23,24)/b12-9+/t17-,18-/m1/s1. The van der Waals surface area contributed by atoms with Crippen molar-refractivity contribution in [2.75, 3.05) is 0 Å². The first-order valence-electron chi connectivity index (χ1n) is 9.09. The number of allylic oxidation sites excluding steroid dienone is 1. The molecule has 26 heavy (non-hydrogen) atoms. The highest BCUT2D eigenvalue weighted by Crippen LogP contribution is 2.27. The minimum absolute atomic E-state index is 0.250. The van der Waals surface area contributed by atoms with E-state index >= 15 is 0 Å². The number of nitrogens with one attached hydrogen (secondary N) is 1. The highest BCUT2D eigenvalue weighted by Gasteiger charge is 2.35. The number of carbonyl (C=O) groups is 2. The fourth-order valence-electron chi connectivity index (χ4n) is 2.79. The molecule has 5 nitrogen and oxygen atoms in total. The molecule has 0 aliphatic rings. The Hall–Kier alpha value is -2.14. The van der Waals surface area contributed by atoms with E-state index in [4.69, 9.17) is 10.6 Å². The van der Waals surface area contributed by atoms with Crippen molar-refractivity contribution in [1.82, 2.24) is 5.43 Å². The van der Waals surface area contributed by atoms with Gasteiger partial charge >= 0.3 is 5.97 Å². The summed E-state index contributed by atoms with van der Waals surface area (Å²) in [5, 5.41) is 0. The summed E-state index contributed by atoms with van der Waals surface area (Å²) in [6.07, 6.45) is 4.84. The number of hydrazine groups is 1. The van der Waals surface area contributed by atoms with Gasteiger partial charge in [-0.3, -0.25) is 15.0 Å². The van der Waals surface area contributed by atoms with E-state index in [1.165, 1.54) is 0 Å². The van der Waals surface area contributed by atoms with Crippen LogP contribution in [-0.2, 0) is 14.3 Å². The fraction of sp³-hybridized carbons (Fsp3) is 0.524. The van der Waals surface area contributed by atoms with Crippen molar-refractivity contribution in [3.8, 4) is 0 Å². The summed E-state index contributed by atoms with van der Waals surface area (Å²) in [7, 11) is 0. The van der Waals surface area contributed by atoms with Crippen molar-refractivity contribution in [3.05, 3.63) is 42.0 Å². The van der Waals surface area contributed by atoms with Crippen LogP contribution >= 0.6 is 0 Å². The lowest BCUT2D eigenvalue weighted by Gasteiger charge is -2.28. The van der Waals surface area contributed by atoms with Gasteiger partial charge in [0.05, 0.1) is 11.8 Å². The first kappa shape index (κ1) is 21.9. The molecule has 0 bridgehead atoms. The fourth-order valence-corrected chi connectivity index (χ4v) is 2.79. The maximum absolute atomic E-state index is 12.8. The average Bonchev–Trinajstić information content (AvgIpc) is 2.55. The molecule has 0 spiro atoms. The molecule has 5 heteroatoms. The summed E-state index contributed by atoms with van der Waals surface area (Å²) in [6.45, 7) is 9.50. The van der Waals surface area contributed by atoms with Crippen LogP contribution in [0, 0.1) is 17.8 Å². The summed E-state index contributed by atoms with van der Waals surface area (Å²) in [6, 6.07) is 9.82. The zero-order valence-electron chi connectivity index (χ0n) is 16.5. The summed E-state index contributed by atoms with van der Waals surface area (Å²) < 4.78 is 5.57. The van der Waals surface area contributed by atoms with E-state index in [1.54, 1.807) is 0 Å². The molecule has 1 amide bonds. The van der Waals surface area contributed by atoms with E-state index in [2.05, 4.69) is 5.43 Å². The predicted molar refractivity (Wildman–Crippen MR) is 105 cm³/mol. The molecule has 0 aromatic heterocycles. The van der Waals surface area contributed by atoms with Crippen molar-refractivity contribution in [2.24, 2.45) is 23.6 Å². The van der Waals surface area contributed by atoms with Crippen molar-refractivity contribution < 1.29 is 14.3 Å². The number of esters is 1. The van der Waals surface area contributed by atoms with Gasteiger partial charge in [-0.2, -0.15) is 0 Å². The van der Waals surface area contributed by atoms with E-state index < -0.39 is 17.4 Å². The van der Waals surface area contributed by atoms with Gasteiger partial charge in [0.15, 0.2) is 0 Å². The Kier molecular flexibility index (Phi) is 8.52. The molecule has 0 aliphatic heterocycles. The Bertz CT molecular complexity index is 603. The first-order chi connectivity index (χ1) is 12.1. The second-order valence-corrected chi connectivity index (χ2v) is 7.93. The van der Waals surface area contributed by atoms with Crippen LogP contribution in [0.4, 0.5) is 0 Å². The molecule has 0 saturated carbocycles. The van der Waals surface area contributed by atoms with Gasteiger partial charge in [-0.15, -0.1) is 0 Å². The van der Waals surface area contributed by atoms with Gasteiger partial charge in [-0.1, -0.05) is 56.3 Å². The number of ether oxygens (including phenoxy) is 1. The summed E-state index contributed by atoms with van der Waals surface area (Å²) in [5.74, 6) is 3.80. The molecule has 0 saturated heterocycles. The third kappa shape index (κ3) is 7.83. The van der Waals surface area contributed by atoms with Crippen LogP contribution in [0.25, 0.3) is 6.08 Å². The number of hydrogen-bond donors (Lipinski definition) is 2. The lowest BCUT2D eigenvalue weighted by molar-refractivity contribution is -0.164. The van der Waals surface area contributed by atoms with Gasteiger partial charge in [-0.05, 0) is 45.1 Å². The third-order valence-corrected chi connectivity index (χ3v) is 3.90. The number of amides is 1.